The van der Waals surface area contributed by atoms with Gasteiger partial charge in [0.2, 0.25) is 10.0 Å². The Kier molecular flexibility index (Phi) is 4.26. The number of hydrogen-bond donors (Lipinski definition) is 2. The number of anilines is 1. The second-order valence-corrected chi connectivity index (χ2v) is 6.15. The van der Waals surface area contributed by atoms with Gasteiger partial charge in [-0.05, 0) is 25.2 Å². The second-order valence-electron chi connectivity index (χ2n) is 4.29. The molecule has 0 unspecified atom stereocenters. The Morgan fingerprint density at radius 2 is 2.00 bits per heavy atom. The summed E-state index contributed by atoms with van der Waals surface area (Å²) >= 11 is 0. The third-order valence-electron chi connectivity index (χ3n) is 3.12. The zero-order valence-electron chi connectivity index (χ0n) is 11.0. The zero-order chi connectivity index (χ0) is 14.8. The summed E-state index contributed by atoms with van der Waals surface area (Å²) in [4.78, 5) is 12.9. The van der Waals surface area contributed by atoms with Crippen molar-refractivity contribution >= 4 is 21.7 Å². The zero-order valence-corrected chi connectivity index (χ0v) is 11.8. The number of benzene rings is 1. The highest BCUT2D eigenvalue weighted by molar-refractivity contribution is 7.89. The Morgan fingerprint density at radius 3 is 2.55 bits per heavy atom. The first-order chi connectivity index (χ1) is 9.45. The van der Waals surface area contributed by atoms with Crippen LogP contribution in [0.2, 0.25) is 0 Å². The molecule has 1 aliphatic heterocycles. The number of carbonyl (C=O) groups is 1. The minimum absolute atomic E-state index is 0.0261. The van der Waals surface area contributed by atoms with Gasteiger partial charge in [-0.15, -0.1) is 0 Å². The number of nitrogens with zero attached hydrogens (tertiary/aromatic N) is 1. The summed E-state index contributed by atoms with van der Waals surface area (Å²) in [6.45, 7) is 2.16. The lowest BCUT2D eigenvalue weighted by Crippen LogP contribution is -2.37. The predicted octanol–water partition coefficient (Wildman–Crippen LogP) is 0.130. The summed E-state index contributed by atoms with van der Waals surface area (Å²) in [6.07, 6.45) is 0. The molecule has 1 fully saturated rings. The smallest absolute Gasteiger partial charge is 0.335 e. The van der Waals surface area contributed by atoms with Crippen molar-refractivity contribution in [2.75, 3.05) is 38.3 Å². The van der Waals surface area contributed by atoms with Crippen LogP contribution in [0.15, 0.2) is 23.1 Å². The topological polar surface area (TPSA) is 95.9 Å². The number of rotatable bonds is 4. The van der Waals surface area contributed by atoms with Gasteiger partial charge in [-0.3, -0.25) is 0 Å². The Bertz CT molecular complexity index is 608. The van der Waals surface area contributed by atoms with Gasteiger partial charge in [-0.1, -0.05) is 0 Å². The number of sulfonamides is 1. The van der Waals surface area contributed by atoms with Gasteiger partial charge in [0.05, 0.1) is 24.5 Å². The van der Waals surface area contributed by atoms with Crippen molar-refractivity contribution < 1.29 is 23.1 Å². The van der Waals surface area contributed by atoms with Gasteiger partial charge in [0.1, 0.15) is 4.90 Å². The summed E-state index contributed by atoms with van der Waals surface area (Å²) in [7, 11) is -2.43. The van der Waals surface area contributed by atoms with E-state index in [1.807, 2.05) is 4.90 Å². The van der Waals surface area contributed by atoms with Crippen LogP contribution in [0, 0.1) is 0 Å². The number of morpholine rings is 1. The molecule has 0 radical (unpaired) electrons. The van der Waals surface area contributed by atoms with Gasteiger partial charge in [0.25, 0.3) is 0 Å². The normalized spacial score (nSPS) is 16.1. The molecule has 1 aliphatic rings. The van der Waals surface area contributed by atoms with Crippen molar-refractivity contribution in [1.82, 2.24) is 4.72 Å². The first-order valence-corrected chi connectivity index (χ1v) is 7.57. The third kappa shape index (κ3) is 2.92. The maximum Gasteiger partial charge on any atom is 0.335 e. The molecular formula is C12H16N2O5S. The van der Waals surface area contributed by atoms with Gasteiger partial charge >= 0.3 is 5.97 Å². The van der Waals surface area contributed by atoms with E-state index in [1.54, 1.807) is 0 Å². The van der Waals surface area contributed by atoms with E-state index in [-0.39, 0.29) is 10.5 Å². The van der Waals surface area contributed by atoms with Crippen LogP contribution in [0.25, 0.3) is 0 Å². The number of carboxylic acids is 1. The Labute approximate surface area is 117 Å². The van der Waals surface area contributed by atoms with E-state index in [4.69, 9.17) is 9.84 Å². The molecule has 8 heteroatoms. The third-order valence-corrected chi connectivity index (χ3v) is 4.56. The molecule has 2 rings (SSSR count). The highest BCUT2D eigenvalue weighted by Crippen LogP contribution is 2.27. The van der Waals surface area contributed by atoms with Gasteiger partial charge in [0, 0.05) is 13.1 Å². The molecule has 1 aromatic rings. The summed E-state index contributed by atoms with van der Waals surface area (Å²) in [5, 5.41) is 9.00. The summed E-state index contributed by atoms with van der Waals surface area (Å²) in [5.41, 5.74) is 0.434. The quantitative estimate of drug-likeness (QED) is 0.820. The molecule has 0 atom stereocenters. The lowest BCUT2D eigenvalue weighted by atomic mass is 10.2. The van der Waals surface area contributed by atoms with Gasteiger partial charge in [-0.2, -0.15) is 0 Å². The Hall–Kier alpha value is -1.64. The standard InChI is InChI=1S/C12H16N2O5S/c1-13-20(17,18)11-8-9(12(15)16)2-3-10(11)14-4-6-19-7-5-14/h2-3,8,13H,4-7H2,1H3,(H,15,16). The minimum atomic E-state index is -3.73. The molecule has 1 aromatic carbocycles. The van der Waals surface area contributed by atoms with Crippen LogP contribution in [-0.2, 0) is 14.8 Å². The fourth-order valence-electron chi connectivity index (χ4n) is 2.04. The molecule has 0 aromatic heterocycles. The number of ether oxygens (including phenoxy) is 1. The Balaban J connectivity index is 2.52. The average molecular weight is 300 g/mol. The molecule has 110 valence electrons. The lowest BCUT2D eigenvalue weighted by molar-refractivity contribution is 0.0696. The van der Waals surface area contributed by atoms with E-state index in [2.05, 4.69) is 4.72 Å². The van der Waals surface area contributed by atoms with Crippen LogP contribution in [0.3, 0.4) is 0 Å². The van der Waals surface area contributed by atoms with Crippen molar-refractivity contribution in [2.24, 2.45) is 0 Å². The van der Waals surface area contributed by atoms with Crippen molar-refractivity contribution in [3.8, 4) is 0 Å². The maximum absolute atomic E-state index is 12.1. The van der Waals surface area contributed by atoms with E-state index in [9.17, 15) is 13.2 Å². The molecule has 2 N–H and O–H groups in total. The predicted molar refractivity (Wildman–Crippen MR) is 72.7 cm³/mol. The highest BCUT2D eigenvalue weighted by Gasteiger charge is 2.23. The van der Waals surface area contributed by atoms with Crippen LogP contribution in [0.4, 0.5) is 5.69 Å². The largest absolute Gasteiger partial charge is 0.478 e. The maximum atomic E-state index is 12.1. The molecular weight excluding hydrogens is 284 g/mol. The average Bonchev–Trinajstić information content (AvgIpc) is 2.47. The molecule has 7 nitrogen and oxygen atoms in total. The number of carboxylic acid groups (broad SMARTS) is 1. The number of hydrogen-bond acceptors (Lipinski definition) is 5. The summed E-state index contributed by atoms with van der Waals surface area (Å²) in [6, 6.07) is 4.11. The molecule has 0 saturated carbocycles. The van der Waals surface area contributed by atoms with Gasteiger partial charge in [-0.25, -0.2) is 17.9 Å². The molecule has 0 bridgehead atoms. The fraction of sp³-hybridized carbons (Fsp3) is 0.417. The van der Waals surface area contributed by atoms with Crippen LogP contribution >= 0.6 is 0 Å². The fourth-order valence-corrected chi connectivity index (χ4v) is 3.01. The number of nitrogens with one attached hydrogen (secondary N) is 1. The van der Waals surface area contributed by atoms with Crippen LogP contribution in [0.1, 0.15) is 10.4 Å². The molecule has 1 saturated heterocycles. The molecule has 0 amide bonds. The van der Waals surface area contributed by atoms with E-state index in [0.717, 1.165) is 0 Å². The monoisotopic (exact) mass is 300 g/mol. The van der Waals surface area contributed by atoms with E-state index in [0.29, 0.717) is 32.0 Å². The van der Waals surface area contributed by atoms with Crippen molar-refractivity contribution in [3.05, 3.63) is 23.8 Å². The van der Waals surface area contributed by atoms with Gasteiger partial charge in [0.15, 0.2) is 0 Å². The van der Waals surface area contributed by atoms with Crippen LogP contribution < -0.4 is 9.62 Å². The minimum Gasteiger partial charge on any atom is -0.478 e. The lowest BCUT2D eigenvalue weighted by Gasteiger charge is -2.30. The number of aromatic carboxylic acids is 1. The SMILES string of the molecule is CNS(=O)(=O)c1cc(C(=O)O)ccc1N1CCOCC1. The molecule has 0 aliphatic carbocycles. The van der Waals surface area contributed by atoms with Crippen LogP contribution in [0.5, 0.6) is 0 Å². The van der Waals surface area contributed by atoms with Crippen LogP contribution in [-0.4, -0.2) is 52.8 Å². The van der Waals surface area contributed by atoms with E-state index < -0.39 is 16.0 Å². The van der Waals surface area contributed by atoms with Crippen molar-refractivity contribution in [3.63, 3.8) is 0 Å². The second kappa shape index (κ2) is 5.78. The summed E-state index contributed by atoms with van der Waals surface area (Å²) in [5.74, 6) is -1.16. The van der Waals surface area contributed by atoms with Crippen molar-refractivity contribution in [2.45, 2.75) is 4.90 Å². The van der Waals surface area contributed by atoms with E-state index in [1.165, 1.54) is 25.2 Å². The van der Waals surface area contributed by atoms with E-state index >= 15 is 0 Å². The first-order valence-electron chi connectivity index (χ1n) is 6.09. The molecule has 0 spiro atoms. The van der Waals surface area contributed by atoms with Crippen molar-refractivity contribution in [1.29, 1.82) is 0 Å². The molecule has 1 heterocycles. The molecule has 20 heavy (non-hydrogen) atoms. The highest BCUT2D eigenvalue weighted by atomic mass is 32.2. The summed E-state index contributed by atoms with van der Waals surface area (Å²) < 4.78 is 31.6. The van der Waals surface area contributed by atoms with Gasteiger partial charge < -0.3 is 14.7 Å². The Morgan fingerprint density at radius 1 is 1.35 bits per heavy atom. The first kappa shape index (κ1) is 14.8.